The highest BCUT2D eigenvalue weighted by atomic mass is 32.2. The molecule has 6 nitrogen and oxygen atoms in total. The number of aromatic nitrogens is 1. The molecule has 8 heteroatoms. The second kappa shape index (κ2) is 4.29. The summed E-state index contributed by atoms with van der Waals surface area (Å²) < 4.78 is 23.3. The number of nitrogens with one attached hydrogen (secondary N) is 1. The monoisotopic (exact) mass is 286 g/mol. The Morgan fingerprint density at radius 2 is 2.06 bits per heavy atom. The van der Waals surface area contributed by atoms with Crippen molar-refractivity contribution in [3.8, 4) is 0 Å². The summed E-state index contributed by atoms with van der Waals surface area (Å²) in [5, 5.41) is 11.1. The van der Waals surface area contributed by atoms with Crippen molar-refractivity contribution < 1.29 is 13.3 Å². The highest BCUT2D eigenvalue weighted by molar-refractivity contribution is 7.98. The van der Waals surface area contributed by atoms with Crippen molar-refractivity contribution in [3.63, 3.8) is 0 Å². The third-order valence-corrected chi connectivity index (χ3v) is 4.46. The van der Waals surface area contributed by atoms with Crippen LogP contribution in [0.25, 0.3) is 10.9 Å². The molecule has 0 fully saturated rings. The van der Waals surface area contributed by atoms with E-state index >= 15 is 0 Å². The van der Waals surface area contributed by atoms with E-state index in [2.05, 4.69) is 4.98 Å². The van der Waals surface area contributed by atoms with Crippen molar-refractivity contribution in [2.24, 2.45) is 0 Å². The first-order chi connectivity index (χ1) is 8.36. The lowest BCUT2D eigenvalue weighted by Crippen LogP contribution is -1.97. The maximum absolute atomic E-state index is 11.6. The molecule has 0 aliphatic carbocycles. The van der Waals surface area contributed by atoms with Crippen molar-refractivity contribution in [1.29, 1.82) is 0 Å². The number of hydrogen-bond acceptors (Lipinski definition) is 5. The first kappa shape index (κ1) is 12.9. The van der Waals surface area contributed by atoms with Crippen LogP contribution in [-0.4, -0.2) is 30.8 Å². The topological polar surface area (TPSA) is 93.1 Å². The van der Waals surface area contributed by atoms with Gasteiger partial charge in [0.1, 0.15) is 0 Å². The van der Waals surface area contributed by atoms with Crippen LogP contribution in [0.4, 0.5) is 5.69 Å². The summed E-state index contributed by atoms with van der Waals surface area (Å²) >= 11 is 1.39. The maximum Gasteiger partial charge on any atom is 0.280 e. The van der Waals surface area contributed by atoms with Gasteiger partial charge in [-0.1, -0.05) is 0 Å². The van der Waals surface area contributed by atoms with E-state index in [1.165, 1.54) is 24.0 Å². The van der Waals surface area contributed by atoms with Crippen LogP contribution in [0.1, 0.15) is 0 Å². The molecule has 0 spiro atoms. The van der Waals surface area contributed by atoms with Crippen molar-refractivity contribution in [1.82, 2.24) is 4.98 Å². The van der Waals surface area contributed by atoms with E-state index < -0.39 is 14.8 Å². The van der Waals surface area contributed by atoms with Crippen LogP contribution < -0.4 is 0 Å². The Morgan fingerprint density at radius 3 is 2.56 bits per heavy atom. The summed E-state index contributed by atoms with van der Waals surface area (Å²) in [5.74, 6) is 0. The SMILES string of the molecule is CSc1ccc([N+](=O)[O-])c2c(S(C)(=O)=O)c[nH]c12. The van der Waals surface area contributed by atoms with E-state index in [4.69, 9.17) is 0 Å². The highest BCUT2D eigenvalue weighted by Crippen LogP contribution is 2.36. The van der Waals surface area contributed by atoms with Gasteiger partial charge >= 0.3 is 0 Å². The van der Waals surface area contributed by atoms with E-state index in [0.29, 0.717) is 5.52 Å². The van der Waals surface area contributed by atoms with Crippen LogP contribution in [-0.2, 0) is 9.84 Å². The minimum absolute atomic E-state index is 0.0416. The summed E-state index contributed by atoms with van der Waals surface area (Å²) in [6.07, 6.45) is 4.15. The first-order valence-electron chi connectivity index (χ1n) is 4.88. The van der Waals surface area contributed by atoms with Gasteiger partial charge in [0.05, 0.1) is 20.7 Å². The number of thioether (sulfide) groups is 1. The smallest absolute Gasteiger partial charge is 0.280 e. The number of aromatic amines is 1. The number of nitrogens with zero attached hydrogens (tertiary/aromatic N) is 1. The summed E-state index contributed by atoms with van der Waals surface area (Å²) in [6, 6.07) is 2.93. The number of non-ortho nitro benzene ring substituents is 1. The zero-order valence-corrected chi connectivity index (χ0v) is 11.3. The molecule has 2 aromatic rings. The van der Waals surface area contributed by atoms with Gasteiger partial charge in [0.2, 0.25) is 0 Å². The first-order valence-corrected chi connectivity index (χ1v) is 8.00. The molecule has 1 N–H and O–H groups in total. The van der Waals surface area contributed by atoms with Crippen molar-refractivity contribution in [3.05, 3.63) is 28.4 Å². The lowest BCUT2D eigenvalue weighted by atomic mass is 10.2. The molecule has 2 rings (SSSR count). The minimum atomic E-state index is -3.51. The lowest BCUT2D eigenvalue weighted by Gasteiger charge is -2.01. The number of H-pyrrole nitrogens is 1. The Bertz CT molecular complexity index is 734. The third kappa shape index (κ3) is 1.97. The molecule has 1 aromatic carbocycles. The fourth-order valence-electron chi connectivity index (χ4n) is 1.79. The Balaban J connectivity index is 2.97. The standard InChI is InChI=1S/C10H10N2O4S2/c1-17-7-4-3-6(12(13)14)9-8(18(2,15)16)5-11-10(7)9/h3-5,11H,1-2H3. The average Bonchev–Trinajstić information content (AvgIpc) is 2.71. The summed E-state index contributed by atoms with van der Waals surface area (Å²) in [5.41, 5.74) is 0.279. The summed E-state index contributed by atoms with van der Waals surface area (Å²) in [7, 11) is -3.51. The number of fused-ring (bicyclic) bond motifs is 1. The Labute approximate surface area is 107 Å². The Hall–Kier alpha value is -1.54. The predicted octanol–water partition coefficient (Wildman–Crippen LogP) is 2.20. The fraction of sp³-hybridized carbons (Fsp3) is 0.200. The molecular weight excluding hydrogens is 276 g/mol. The number of benzene rings is 1. The molecule has 0 atom stereocenters. The van der Waals surface area contributed by atoms with Gasteiger partial charge in [-0.3, -0.25) is 10.1 Å². The van der Waals surface area contributed by atoms with Gasteiger partial charge in [0.25, 0.3) is 5.69 Å². The number of rotatable bonds is 3. The quantitative estimate of drug-likeness (QED) is 0.530. The van der Waals surface area contributed by atoms with E-state index in [-0.39, 0.29) is 16.0 Å². The zero-order chi connectivity index (χ0) is 13.5. The lowest BCUT2D eigenvalue weighted by molar-refractivity contribution is -0.383. The van der Waals surface area contributed by atoms with Gasteiger partial charge in [-0.2, -0.15) is 0 Å². The van der Waals surface area contributed by atoms with Gasteiger partial charge in [0, 0.05) is 23.4 Å². The molecule has 0 saturated carbocycles. The van der Waals surface area contributed by atoms with Gasteiger partial charge in [0.15, 0.2) is 9.84 Å². The third-order valence-electron chi connectivity index (χ3n) is 2.56. The van der Waals surface area contributed by atoms with Gasteiger partial charge in [-0.05, 0) is 12.3 Å². The number of hydrogen-bond donors (Lipinski definition) is 1. The van der Waals surface area contributed by atoms with Crippen molar-refractivity contribution >= 4 is 38.2 Å². The van der Waals surface area contributed by atoms with Crippen LogP contribution in [0.2, 0.25) is 0 Å². The largest absolute Gasteiger partial charge is 0.359 e. The van der Waals surface area contributed by atoms with Gasteiger partial charge in [-0.15, -0.1) is 11.8 Å². The van der Waals surface area contributed by atoms with E-state index in [0.717, 1.165) is 11.2 Å². The molecule has 1 aromatic heterocycles. The molecular formula is C10H10N2O4S2. The maximum atomic E-state index is 11.6. The molecule has 96 valence electrons. The molecule has 0 aliphatic rings. The molecule has 0 radical (unpaired) electrons. The van der Waals surface area contributed by atoms with Crippen LogP contribution in [0.3, 0.4) is 0 Å². The fourth-order valence-corrected chi connectivity index (χ4v) is 3.21. The number of nitro benzene ring substituents is 1. The second-order valence-corrected chi connectivity index (χ2v) is 6.55. The Kier molecular flexibility index (Phi) is 3.07. The van der Waals surface area contributed by atoms with Crippen LogP contribution >= 0.6 is 11.8 Å². The van der Waals surface area contributed by atoms with E-state index in [9.17, 15) is 18.5 Å². The average molecular weight is 286 g/mol. The number of sulfone groups is 1. The molecule has 0 aliphatic heterocycles. The molecule has 0 unspecified atom stereocenters. The highest BCUT2D eigenvalue weighted by Gasteiger charge is 2.24. The van der Waals surface area contributed by atoms with Crippen LogP contribution in [0.15, 0.2) is 28.1 Å². The normalized spacial score (nSPS) is 11.9. The van der Waals surface area contributed by atoms with Crippen molar-refractivity contribution in [2.75, 3.05) is 12.5 Å². The van der Waals surface area contributed by atoms with Crippen LogP contribution in [0, 0.1) is 10.1 Å². The molecule has 0 saturated heterocycles. The van der Waals surface area contributed by atoms with Gasteiger partial charge in [-0.25, -0.2) is 8.42 Å². The van der Waals surface area contributed by atoms with E-state index in [1.807, 2.05) is 6.26 Å². The zero-order valence-electron chi connectivity index (χ0n) is 9.63. The number of nitro groups is 1. The molecule has 18 heavy (non-hydrogen) atoms. The summed E-state index contributed by atoms with van der Waals surface area (Å²) in [6.45, 7) is 0. The summed E-state index contributed by atoms with van der Waals surface area (Å²) in [4.78, 5) is 13.9. The second-order valence-electron chi connectivity index (χ2n) is 3.72. The predicted molar refractivity (Wildman–Crippen MR) is 69.8 cm³/mol. The Morgan fingerprint density at radius 1 is 1.39 bits per heavy atom. The molecule has 0 amide bonds. The van der Waals surface area contributed by atoms with Crippen molar-refractivity contribution in [2.45, 2.75) is 9.79 Å². The molecule has 1 heterocycles. The molecule has 0 bridgehead atoms. The van der Waals surface area contributed by atoms with Crippen LogP contribution in [0.5, 0.6) is 0 Å². The van der Waals surface area contributed by atoms with Gasteiger partial charge < -0.3 is 4.98 Å². The van der Waals surface area contributed by atoms with E-state index in [1.54, 1.807) is 6.07 Å². The minimum Gasteiger partial charge on any atom is -0.359 e.